The van der Waals surface area contributed by atoms with Crippen LogP contribution in [-0.4, -0.2) is 32.1 Å². The number of hydrogen-bond acceptors (Lipinski definition) is 3. The summed E-state index contributed by atoms with van der Waals surface area (Å²) >= 11 is 5.87. The molecule has 100 valence electrons. The molecule has 1 aromatic rings. The first-order chi connectivity index (χ1) is 8.58. The first-order valence-corrected chi connectivity index (χ1v) is 6.38. The fourth-order valence-corrected chi connectivity index (χ4v) is 2.82. The van der Waals surface area contributed by atoms with E-state index in [2.05, 4.69) is 4.90 Å². The van der Waals surface area contributed by atoms with Crippen molar-refractivity contribution in [3.05, 3.63) is 28.5 Å². The van der Waals surface area contributed by atoms with Crippen molar-refractivity contribution in [1.82, 2.24) is 4.90 Å². The van der Waals surface area contributed by atoms with Crippen LogP contribution < -0.4 is 10.5 Å². The highest BCUT2D eigenvalue weighted by Gasteiger charge is 2.34. The van der Waals surface area contributed by atoms with Crippen molar-refractivity contribution in [2.75, 3.05) is 27.2 Å². The molecule has 1 aliphatic heterocycles. The third kappa shape index (κ3) is 2.32. The first kappa shape index (κ1) is 13.6. The summed E-state index contributed by atoms with van der Waals surface area (Å²) in [6.45, 7) is 1.49. The second-order valence-electron chi connectivity index (χ2n) is 4.77. The van der Waals surface area contributed by atoms with E-state index in [1.807, 2.05) is 7.05 Å². The van der Waals surface area contributed by atoms with Gasteiger partial charge < -0.3 is 10.5 Å². The Hall–Kier alpha value is -0.840. The van der Waals surface area contributed by atoms with Gasteiger partial charge in [0.25, 0.3) is 0 Å². The van der Waals surface area contributed by atoms with Crippen LogP contribution >= 0.6 is 11.6 Å². The van der Waals surface area contributed by atoms with Crippen LogP contribution in [0.4, 0.5) is 4.39 Å². The highest BCUT2D eigenvalue weighted by molar-refractivity contribution is 6.30. The summed E-state index contributed by atoms with van der Waals surface area (Å²) in [7, 11) is 3.52. The van der Waals surface area contributed by atoms with E-state index < -0.39 is 0 Å². The van der Waals surface area contributed by atoms with Crippen molar-refractivity contribution >= 4 is 11.6 Å². The lowest BCUT2D eigenvalue weighted by molar-refractivity contribution is 0.295. The number of rotatable bonds is 3. The molecule has 0 bridgehead atoms. The van der Waals surface area contributed by atoms with Crippen molar-refractivity contribution in [2.45, 2.75) is 12.5 Å². The molecule has 0 spiro atoms. The van der Waals surface area contributed by atoms with Crippen LogP contribution in [0, 0.1) is 11.7 Å². The van der Waals surface area contributed by atoms with E-state index >= 15 is 0 Å². The maximum Gasteiger partial charge on any atom is 0.150 e. The van der Waals surface area contributed by atoms with Crippen LogP contribution in [0.1, 0.15) is 18.0 Å². The van der Waals surface area contributed by atoms with Gasteiger partial charge in [-0.2, -0.15) is 0 Å². The Labute approximate surface area is 112 Å². The number of halogens is 2. The molecule has 1 heterocycles. The van der Waals surface area contributed by atoms with Gasteiger partial charge in [0.05, 0.1) is 12.1 Å². The lowest BCUT2D eigenvalue weighted by Gasteiger charge is -2.22. The molecule has 3 nitrogen and oxygen atoms in total. The molecular formula is C13H18ClFN2O. The van der Waals surface area contributed by atoms with Crippen LogP contribution in [0.25, 0.3) is 0 Å². The van der Waals surface area contributed by atoms with E-state index in [1.165, 1.54) is 6.07 Å². The molecule has 5 heteroatoms. The Morgan fingerprint density at radius 2 is 2.28 bits per heavy atom. The molecule has 1 aromatic carbocycles. The summed E-state index contributed by atoms with van der Waals surface area (Å²) in [6, 6.07) is 3.21. The summed E-state index contributed by atoms with van der Waals surface area (Å²) in [4.78, 5) is 2.11. The maximum absolute atomic E-state index is 14.2. The fraction of sp³-hybridized carbons (Fsp3) is 0.538. The summed E-state index contributed by atoms with van der Waals surface area (Å²) in [5.74, 6) is 0.556. The Kier molecular flexibility index (Phi) is 4.10. The van der Waals surface area contributed by atoms with Gasteiger partial charge in [0.15, 0.2) is 0 Å². The van der Waals surface area contributed by atoms with Crippen molar-refractivity contribution in [3.63, 3.8) is 0 Å². The van der Waals surface area contributed by atoms with Crippen LogP contribution in [0.5, 0.6) is 5.75 Å². The Balaban J connectivity index is 2.41. The van der Waals surface area contributed by atoms with Gasteiger partial charge >= 0.3 is 0 Å². The lowest BCUT2D eigenvalue weighted by atomic mass is 9.98. The maximum atomic E-state index is 14.2. The number of ether oxygens (including phenoxy) is 1. The Morgan fingerprint density at radius 3 is 2.83 bits per heavy atom. The SMILES string of the molecule is COc1ccc(Cl)c(F)c1C1CC(CN)CN1C. The Bertz CT molecular complexity index is 441. The molecule has 0 aliphatic carbocycles. The van der Waals surface area contributed by atoms with Crippen molar-refractivity contribution in [2.24, 2.45) is 11.7 Å². The smallest absolute Gasteiger partial charge is 0.150 e. The summed E-state index contributed by atoms with van der Waals surface area (Å²) < 4.78 is 19.5. The third-order valence-corrected chi connectivity index (χ3v) is 3.91. The number of likely N-dealkylation sites (tertiary alicyclic amines) is 1. The summed E-state index contributed by atoms with van der Waals surface area (Å²) in [5.41, 5.74) is 6.24. The lowest BCUT2D eigenvalue weighted by Crippen LogP contribution is -2.21. The number of nitrogens with zero attached hydrogens (tertiary/aromatic N) is 1. The van der Waals surface area contributed by atoms with Crippen molar-refractivity contribution in [3.8, 4) is 5.75 Å². The molecule has 0 amide bonds. The van der Waals surface area contributed by atoms with E-state index in [0.29, 0.717) is 23.8 Å². The van der Waals surface area contributed by atoms with Crippen LogP contribution in [0.2, 0.25) is 5.02 Å². The summed E-state index contributed by atoms with van der Waals surface area (Å²) in [5, 5.41) is 0.135. The molecule has 2 atom stereocenters. The predicted octanol–water partition coefficient (Wildman–Crippen LogP) is 2.44. The van der Waals surface area contributed by atoms with Gasteiger partial charge in [-0.25, -0.2) is 4.39 Å². The highest BCUT2D eigenvalue weighted by atomic mass is 35.5. The monoisotopic (exact) mass is 272 g/mol. The van der Waals surface area contributed by atoms with Crippen molar-refractivity contribution in [1.29, 1.82) is 0 Å². The van der Waals surface area contributed by atoms with Crippen LogP contribution in [0.15, 0.2) is 12.1 Å². The van der Waals surface area contributed by atoms with Gasteiger partial charge in [-0.05, 0) is 38.1 Å². The zero-order valence-electron chi connectivity index (χ0n) is 10.6. The van der Waals surface area contributed by atoms with Crippen LogP contribution in [0.3, 0.4) is 0 Å². The van der Waals surface area contributed by atoms with Gasteiger partial charge in [0.1, 0.15) is 11.6 Å². The minimum atomic E-state index is -0.384. The average Bonchev–Trinajstić information content (AvgIpc) is 2.73. The zero-order chi connectivity index (χ0) is 13.3. The predicted molar refractivity (Wildman–Crippen MR) is 70.5 cm³/mol. The molecular weight excluding hydrogens is 255 g/mol. The molecule has 0 saturated carbocycles. The quantitative estimate of drug-likeness (QED) is 0.919. The molecule has 1 aliphatic rings. The topological polar surface area (TPSA) is 38.5 Å². The van der Waals surface area contributed by atoms with Gasteiger partial charge in [0, 0.05) is 18.2 Å². The highest BCUT2D eigenvalue weighted by Crippen LogP contribution is 2.41. The zero-order valence-corrected chi connectivity index (χ0v) is 11.4. The summed E-state index contributed by atoms with van der Waals surface area (Å²) in [6.07, 6.45) is 0.834. The number of methoxy groups -OCH3 is 1. The molecule has 2 rings (SSSR count). The van der Waals surface area contributed by atoms with E-state index in [0.717, 1.165) is 13.0 Å². The van der Waals surface area contributed by atoms with Crippen LogP contribution in [-0.2, 0) is 0 Å². The first-order valence-electron chi connectivity index (χ1n) is 6.00. The minimum Gasteiger partial charge on any atom is -0.496 e. The minimum absolute atomic E-state index is 0.0211. The van der Waals surface area contributed by atoms with E-state index in [4.69, 9.17) is 22.1 Å². The molecule has 0 aromatic heterocycles. The second kappa shape index (κ2) is 5.43. The molecule has 0 radical (unpaired) electrons. The average molecular weight is 273 g/mol. The molecule has 1 fully saturated rings. The van der Waals surface area contributed by atoms with Crippen molar-refractivity contribution < 1.29 is 9.13 Å². The molecule has 18 heavy (non-hydrogen) atoms. The number of hydrogen-bond donors (Lipinski definition) is 1. The van der Waals surface area contributed by atoms with E-state index in [9.17, 15) is 4.39 Å². The molecule has 1 saturated heterocycles. The molecule has 2 unspecified atom stereocenters. The van der Waals surface area contributed by atoms with Gasteiger partial charge in [-0.1, -0.05) is 11.6 Å². The van der Waals surface area contributed by atoms with E-state index in [-0.39, 0.29) is 16.9 Å². The number of nitrogens with two attached hydrogens (primary N) is 1. The largest absolute Gasteiger partial charge is 0.496 e. The molecule has 2 N–H and O–H groups in total. The van der Waals surface area contributed by atoms with Gasteiger partial charge in [0.2, 0.25) is 0 Å². The number of benzene rings is 1. The van der Waals surface area contributed by atoms with E-state index in [1.54, 1.807) is 13.2 Å². The van der Waals surface area contributed by atoms with Gasteiger partial charge in [-0.3, -0.25) is 4.90 Å². The normalized spacial score (nSPS) is 24.5. The fourth-order valence-electron chi connectivity index (χ4n) is 2.65. The standard InChI is InChI=1S/C13H18ClFN2O/c1-17-7-8(6-16)5-10(17)12-11(18-2)4-3-9(14)13(12)15/h3-4,8,10H,5-7,16H2,1-2H3. The second-order valence-corrected chi connectivity index (χ2v) is 5.18. The third-order valence-electron chi connectivity index (χ3n) is 3.61. The van der Waals surface area contributed by atoms with Gasteiger partial charge in [-0.15, -0.1) is 0 Å². The Morgan fingerprint density at radius 1 is 1.56 bits per heavy atom.